The first kappa shape index (κ1) is 8.86. The zero-order valence-corrected chi connectivity index (χ0v) is 9.09. The summed E-state index contributed by atoms with van der Waals surface area (Å²) in [6, 6.07) is 14.9. The Morgan fingerprint density at radius 1 is 0.933 bits per heavy atom. The van der Waals surface area contributed by atoms with Crippen LogP contribution in [-0.4, -0.2) is 0 Å². The Hall–Kier alpha value is -1.41. The average Bonchev–Trinajstić information content (AvgIpc) is 2.67. The minimum absolute atomic E-state index is 1.01. The molecule has 0 heterocycles. The zero-order chi connectivity index (χ0) is 10.3. The number of nitrogens with one attached hydrogen (secondary N) is 1. The van der Waals surface area contributed by atoms with Crippen LogP contribution < -0.4 is 4.72 Å². The molecule has 1 nitrogen and oxygen atoms in total. The Labute approximate surface area is 94.7 Å². The maximum Gasteiger partial charge on any atom is 0.0479 e. The van der Waals surface area contributed by atoms with Crippen molar-refractivity contribution in [1.82, 2.24) is 0 Å². The van der Waals surface area contributed by atoms with Gasteiger partial charge in [0.25, 0.3) is 0 Å². The third-order valence-electron chi connectivity index (χ3n) is 2.97. The zero-order valence-electron chi connectivity index (χ0n) is 8.20. The van der Waals surface area contributed by atoms with Crippen molar-refractivity contribution >= 4 is 18.5 Å². The molecule has 1 aliphatic rings. The van der Waals surface area contributed by atoms with Crippen molar-refractivity contribution in [1.29, 1.82) is 0 Å². The summed E-state index contributed by atoms with van der Waals surface area (Å²) in [5, 5.41) is 0. The molecule has 2 aromatic carbocycles. The van der Waals surface area contributed by atoms with Crippen LogP contribution >= 0.6 is 12.8 Å². The second-order valence-electron chi connectivity index (χ2n) is 3.78. The van der Waals surface area contributed by atoms with Gasteiger partial charge in [0.2, 0.25) is 0 Å². The van der Waals surface area contributed by atoms with Gasteiger partial charge >= 0.3 is 0 Å². The van der Waals surface area contributed by atoms with Gasteiger partial charge in [-0.3, -0.25) is 0 Å². The molecule has 0 atom stereocenters. The predicted molar refractivity (Wildman–Crippen MR) is 67.3 cm³/mol. The maximum absolute atomic E-state index is 4.14. The van der Waals surface area contributed by atoms with E-state index in [0.717, 1.165) is 12.1 Å². The van der Waals surface area contributed by atoms with Crippen LogP contribution in [0.25, 0.3) is 11.1 Å². The van der Waals surface area contributed by atoms with E-state index < -0.39 is 0 Å². The van der Waals surface area contributed by atoms with E-state index in [1.54, 1.807) is 0 Å². The lowest BCUT2D eigenvalue weighted by atomic mass is 10.1. The van der Waals surface area contributed by atoms with Crippen molar-refractivity contribution in [3.63, 3.8) is 0 Å². The number of thiol groups is 1. The molecule has 0 amide bonds. The highest BCUT2D eigenvalue weighted by molar-refractivity contribution is 7.81. The van der Waals surface area contributed by atoms with Crippen LogP contribution in [0, 0.1) is 0 Å². The van der Waals surface area contributed by atoms with E-state index in [9.17, 15) is 0 Å². The first-order valence-electron chi connectivity index (χ1n) is 5.00. The third kappa shape index (κ3) is 1.25. The van der Waals surface area contributed by atoms with E-state index in [0.29, 0.717) is 0 Å². The summed E-state index contributed by atoms with van der Waals surface area (Å²) >= 11 is 4.14. The molecule has 0 aliphatic heterocycles. The standard InChI is InChI=1S/C13H11NS/c15-14-13-7-3-6-11-10-5-2-1-4-9(10)8-12(11)13/h1-7,14-15H,8H2. The van der Waals surface area contributed by atoms with Crippen LogP contribution in [0.2, 0.25) is 0 Å². The Morgan fingerprint density at radius 2 is 1.73 bits per heavy atom. The molecule has 15 heavy (non-hydrogen) atoms. The fraction of sp³-hybridized carbons (Fsp3) is 0.0769. The quantitative estimate of drug-likeness (QED) is 0.589. The van der Waals surface area contributed by atoms with Gasteiger partial charge in [-0.15, -0.1) is 0 Å². The number of fused-ring (bicyclic) bond motifs is 3. The fourth-order valence-corrected chi connectivity index (χ4v) is 2.47. The van der Waals surface area contributed by atoms with E-state index in [1.807, 2.05) is 0 Å². The SMILES string of the molecule is SNc1cccc2c1Cc1ccccc1-2. The second kappa shape index (κ2) is 3.31. The minimum Gasteiger partial charge on any atom is -0.332 e. The lowest BCUT2D eigenvalue weighted by Crippen LogP contribution is -1.88. The molecular weight excluding hydrogens is 202 g/mol. The Balaban J connectivity index is 2.26. The summed E-state index contributed by atoms with van der Waals surface area (Å²) in [6.45, 7) is 0. The minimum atomic E-state index is 1.01. The molecule has 0 fully saturated rings. The highest BCUT2D eigenvalue weighted by atomic mass is 32.1. The fourth-order valence-electron chi connectivity index (χ4n) is 2.26. The molecule has 2 aromatic rings. The summed E-state index contributed by atoms with van der Waals surface area (Å²) in [5.41, 5.74) is 6.58. The molecule has 3 rings (SSSR count). The highest BCUT2D eigenvalue weighted by Crippen LogP contribution is 2.39. The van der Waals surface area contributed by atoms with Crippen molar-refractivity contribution in [2.75, 3.05) is 4.72 Å². The molecular formula is C13H11NS. The Kier molecular flexibility index (Phi) is 1.96. The van der Waals surface area contributed by atoms with Crippen molar-refractivity contribution in [2.24, 2.45) is 0 Å². The molecule has 0 aromatic heterocycles. The van der Waals surface area contributed by atoms with Gasteiger partial charge in [0, 0.05) is 12.1 Å². The van der Waals surface area contributed by atoms with Crippen LogP contribution in [0.3, 0.4) is 0 Å². The van der Waals surface area contributed by atoms with E-state index >= 15 is 0 Å². The van der Waals surface area contributed by atoms with Crippen LogP contribution in [-0.2, 0) is 6.42 Å². The second-order valence-corrected chi connectivity index (χ2v) is 4.00. The summed E-state index contributed by atoms with van der Waals surface area (Å²) in [4.78, 5) is 0. The van der Waals surface area contributed by atoms with E-state index in [2.05, 4.69) is 60.0 Å². The number of benzene rings is 2. The lowest BCUT2D eigenvalue weighted by Gasteiger charge is -2.06. The topological polar surface area (TPSA) is 12.0 Å². The molecule has 0 saturated carbocycles. The Bertz CT molecular complexity index is 520. The molecule has 0 spiro atoms. The Morgan fingerprint density at radius 3 is 2.60 bits per heavy atom. The number of hydrogen-bond donors (Lipinski definition) is 2. The first-order valence-corrected chi connectivity index (χ1v) is 5.45. The largest absolute Gasteiger partial charge is 0.332 e. The van der Waals surface area contributed by atoms with Gasteiger partial charge in [0.1, 0.15) is 0 Å². The maximum atomic E-state index is 4.14. The van der Waals surface area contributed by atoms with Crippen molar-refractivity contribution in [3.8, 4) is 11.1 Å². The number of rotatable bonds is 1. The number of hydrogen-bond acceptors (Lipinski definition) is 2. The van der Waals surface area contributed by atoms with Gasteiger partial charge < -0.3 is 4.72 Å². The van der Waals surface area contributed by atoms with E-state index in [-0.39, 0.29) is 0 Å². The van der Waals surface area contributed by atoms with Gasteiger partial charge in [-0.2, -0.15) is 0 Å². The molecule has 0 unspecified atom stereocenters. The van der Waals surface area contributed by atoms with Crippen molar-refractivity contribution < 1.29 is 0 Å². The summed E-state index contributed by atoms with van der Waals surface area (Å²) in [7, 11) is 0. The molecule has 0 saturated heterocycles. The smallest absolute Gasteiger partial charge is 0.0479 e. The number of anilines is 1. The van der Waals surface area contributed by atoms with Gasteiger partial charge in [-0.1, -0.05) is 49.2 Å². The highest BCUT2D eigenvalue weighted by Gasteiger charge is 2.19. The molecule has 74 valence electrons. The molecule has 0 radical (unpaired) electrons. The summed E-state index contributed by atoms with van der Waals surface area (Å²) in [5.74, 6) is 0. The monoisotopic (exact) mass is 213 g/mol. The van der Waals surface area contributed by atoms with Gasteiger partial charge in [-0.25, -0.2) is 0 Å². The van der Waals surface area contributed by atoms with Crippen molar-refractivity contribution in [3.05, 3.63) is 53.6 Å². The summed E-state index contributed by atoms with van der Waals surface area (Å²) in [6.07, 6.45) is 1.01. The normalized spacial score (nSPS) is 12.1. The van der Waals surface area contributed by atoms with Crippen LogP contribution in [0.1, 0.15) is 11.1 Å². The van der Waals surface area contributed by atoms with Crippen LogP contribution in [0.4, 0.5) is 5.69 Å². The molecule has 1 N–H and O–H groups in total. The lowest BCUT2D eigenvalue weighted by molar-refractivity contribution is 1.27. The summed E-state index contributed by atoms with van der Waals surface area (Å²) < 4.78 is 2.96. The van der Waals surface area contributed by atoms with Gasteiger partial charge in [0.15, 0.2) is 0 Å². The first-order chi connectivity index (χ1) is 7.40. The van der Waals surface area contributed by atoms with Crippen LogP contribution in [0.15, 0.2) is 42.5 Å². The molecule has 0 bridgehead atoms. The van der Waals surface area contributed by atoms with Crippen LogP contribution in [0.5, 0.6) is 0 Å². The van der Waals surface area contributed by atoms with E-state index in [1.165, 1.54) is 22.3 Å². The van der Waals surface area contributed by atoms with E-state index in [4.69, 9.17) is 0 Å². The average molecular weight is 213 g/mol. The van der Waals surface area contributed by atoms with Gasteiger partial charge in [0.05, 0.1) is 0 Å². The molecule has 2 heteroatoms. The molecule has 1 aliphatic carbocycles. The van der Waals surface area contributed by atoms with Crippen molar-refractivity contribution in [2.45, 2.75) is 6.42 Å². The predicted octanol–water partition coefficient (Wildman–Crippen LogP) is 3.51. The van der Waals surface area contributed by atoms with Gasteiger partial charge in [-0.05, 0) is 28.3 Å². The third-order valence-corrected chi connectivity index (χ3v) is 3.21.